The summed E-state index contributed by atoms with van der Waals surface area (Å²) in [5.41, 5.74) is 0.679. The quantitative estimate of drug-likeness (QED) is 0.831. The van der Waals surface area contributed by atoms with Crippen LogP contribution < -0.4 is 5.32 Å². The van der Waals surface area contributed by atoms with Crippen LogP contribution in [-0.4, -0.2) is 35.7 Å². The smallest absolute Gasteiger partial charge is 0.261 e. The van der Waals surface area contributed by atoms with Crippen LogP contribution in [0.2, 0.25) is 0 Å². The van der Waals surface area contributed by atoms with Gasteiger partial charge in [-0.15, -0.1) is 11.3 Å². The van der Waals surface area contributed by atoms with E-state index in [2.05, 4.69) is 10.2 Å². The van der Waals surface area contributed by atoms with Gasteiger partial charge in [0.1, 0.15) is 5.82 Å². The molecule has 1 N–H and O–H groups in total. The molecule has 0 aliphatic carbocycles. The third kappa shape index (κ3) is 4.52. The van der Waals surface area contributed by atoms with E-state index in [1.165, 1.54) is 24.3 Å². The number of nitrogens with one attached hydrogen (secondary N) is 1. The molecule has 0 radical (unpaired) electrons. The number of halogens is 1. The number of carbonyl (C=O) groups excluding carboxylic acids is 2. The van der Waals surface area contributed by atoms with Gasteiger partial charge in [-0.2, -0.15) is 0 Å². The van der Waals surface area contributed by atoms with Gasteiger partial charge in [-0.3, -0.25) is 14.5 Å². The third-order valence-corrected chi connectivity index (χ3v) is 5.55. The number of likely N-dealkylation sites (tertiary alicyclic amines) is 1. The summed E-state index contributed by atoms with van der Waals surface area (Å²) in [5, 5.41) is 3.04. The van der Waals surface area contributed by atoms with Crippen LogP contribution in [0.3, 0.4) is 0 Å². The highest BCUT2D eigenvalue weighted by Crippen LogP contribution is 2.19. The summed E-state index contributed by atoms with van der Waals surface area (Å²) in [5.74, 6) is -0.364. The fourth-order valence-corrected chi connectivity index (χ4v) is 3.89. The second kappa shape index (κ2) is 7.89. The summed E-state index contributed by atoms with van der Waals surface area (Å²) in [4.78, 5) is 27.0. The molecule has 1 amide bonds. The average molecular weight is 360 g/mol. The molecule has 1 aromatic heterocycles. The van der Waals surface area contributed by atoms with Crippen molar-refractivity contribution < 1.29 is 14.0 Å². The number of ketones is 1. The zero-order valence-electron chi connectivity index (χ0n) is 14.1. The molecule has 1 aliphatic rings. The molecule has 25 heavy (non-hydrogen) atoms. The van der Waals surface area contributed by atoms with Crippen molar-refractivity contribution in [1.29, 1.82) is 0 Å². The van der Waals surface area contributed by atoms with Crippen LogP contribution in [0.25, 0.3) is 0 Å². The summed E-state index contributed by atoms with van der Waals surface area (Å²) >= 11 is 1.22. The number of nitrogens with zero attached hydrogens (tertiary/aromatic N) is 1. The van der Waals surface area contributed by atoms with Crippen molar-refractivity contribution in [3.05, 3.63) is 57.5 Å². The van der Waals surface area contributed by atoms with Crippen molar-refractivity contribution in [3.8, 4) is 0 Å². The lowest BCUT2D eigenvalue weighted by Crippen LogP contribution is -2.47. The highest BCUT2D eigenvalue weighted by Gasteiger charge is 2.23. The van der Waals surface area contributed by atoms with Gasteiger partial charge in [0, 0.05) is 24.7 Å². The van der Waals surface area contributed by atoms with Gasteiger partial charge in [0.2, 0.25) is 0 Å². The van der Waals surface area contributed by atoms with Crippen molar-refractivity contribution >= 4 is 23.0 Å². The van der Waals surface area contributed by atoms with E-state index in [1.807, 2.05) is 6.07 Å². The molecule has 1 aliphatic heterocycles. The van der Waals surface area contributed by atoms with Crippen molar-refractivity contribution in [2.24, 2.45) is 0 Å². The standard InChI is InChI=1S/C19H21FN2O2S/c1-13(23)17-8-9-18(25-17)19(24)21-15-6-4-10-22(12-15)11-14-5-2-3-7-16(14)20/h2-3,5,7-9,15H,4,6,10-12H2,1H3,(H,21,24)/t15-/m1/s1. The number of Topliss-reactive ketones (excluding diaryl/α,β-unsaturated/α-hetero) is 1. The van der Waals surface area contributed by atoms with Gasteiger partial charge in [-0.05, 0) is 44.5 Å². The Morgan fingerprint density at radius 1 is 1.24 bits per heavy atom. The molecule has 1 fully saturated rings. The van der Waals surface area contributed by atoms with E-state index >= 15 is 0 Å². The molecule has 0 spiro atoms. The van der Waals surface area contributed by atoms with Crippen molar-refractivity contribution in [1.82, 2.24) is 10.2 Å². The van der Waals surface area contributed by atoms with Gasteiger partial charge >= 0.3 is 0 Å². The van der Waals surface area contributed by atoms with E-state index in [9.17, 15) is 14.0 Å². The molecule has 4 nitrogen and oxygen atoms in total. The van der Waals surface area contributed by atoms with Gasteiger partial charge in [0.25, 0.3) is 5.91 Å². The maximum atomic E-state index is 13.8. The number of amides is 1. The number of rotatable bonds is 5. The van der Waals surface area contributed by atoms with Gasteiger partial charge in [-0.1, -0.05) is 18.2 Å². The lowest BCUT2D eigenvalue weighted by atomic mass is 10.0. The Kier molecular flexibility index (Phi) is 5.60. The molecule has 0 bridgehead atoms. The molecule has 0 unspecified atom stereocenters. The minimum absolute atomic E-state index is 0.0298. The zero-order chi connectivity index (χ0) is 17.8. The van der Waals surface area contributed by atoms with E-state index in [4.69, 9.17) is 0 Å². The first-order valence-corrected chi connectivity index (χ1v) is 9.22. The first-order chi connectivity index (χ1) is 12.0. The highest BCUT2D eigenvalue weighted by atomic mass is 32.1. The summed E-state index contributed by atoms with van der Waals surface area (Å²) in [7, 11) is 0. The summed E-state index contributed by atoms with van der Waals surface area (Å²) < 4.78 is 13.8. The predicted octanol–water partition coefficient (Wildman–Crippen LogP) is 3.48. The van der Waals surface area contributed by atoms with Crippen LogP contribution in [0.1, 0.15) is 44.7 Å². The van der Waals surface area contributed by atoms with Crippen LogP contribution in [0.15, 0.2) is 36.4 Å². The minimum Gasteiger partial charge on any atom is -0.347 e. The maximum absolute atomic E-state index is 13.8. The Morgan fingerprint density at radius 2 is 2.00 bits per heavy atom. The molecule has 1 aromatic carbocycles. The zero-order valence-corrected chi connectivity index (χ0v) is 14.9. The second-order valence-electron chi connectivity index (χ2n) is 6.36. The molecule has 1 saturated heterocycles. The Balaban J connectivity index is 1.58. The molecule has 2 heterocycles. The van der Waals surface area contributed by atoms with Gasteiger partial charge in [0.05, 0.1) is 9.75 Å². The molecular weight excluding hydrogens is 339 g/mol. The number of benzene rings is 1. The Morgan fingerprint density at radius 3 is 2.72 bits per heavy atom. The van der Waals surface area contributed by atoms with Crippen LogP contribution >= 0.6 is 11.3 Å². The van der Waals surface area contributed by atoms with Crippen LogP contribution in [-0.2, 0) is 6.54 Å². The van der Waals surface area contributed by atoms with E-state index < -0.39 is 0 Å². The molecule has 1 atom stereocenters. The Labute approximate surface area is 150 Å². The van der Waals surface area contributed by atoms with Crippen molar-refractivity contribution in [2.45, 2.75) is 32.4 Å². The topological polar surface area (TPSA) is 49.4 Å². The van der Waals surface area contributed by atoms with Gasteiger partial charge < -0.3 is 5.32 Å². The monoisotopic (exact) mass is 360 g/mol. The first kappa shape index (κ1) is 17.8. The second-order valence-corrected chi connectivity index (χ2v) is 7.44. The van der Waals surface area contributed by atoms with Crippen molar-refractivity contribution in [2.75, 3.05) is 13.1 Å². The van der Waals surface area contributed by atoms with Crippen molar-refractivity contribution in [3.63, 3.8) is 0 Å². The van der Waals surface area contributed by atoms with Crippen LogP contribution in [0, 0.1) is 5.82 Å². The fraction of sp³-hybridized carbons (Fsp3) is 0.368. The predicted molar refractivity (Wildman–Crippen MR) is 96.5 cm³/mol. The molecule has 6 heteroatoms. The first-order valence-electron chi connectivity index (χ1n) is 8.40. The molecule has 132 valence electrons. The van der Waals surface area contributed by atoms with Crippen LogP contribution in [0.5, 0.6) is 0 Å². The number of piperidine rings is 1. The normalized spacial score (nSPS) is 18.1. The lowest BCUT2D eigenvalue weighted by molar-refractivity contribution is 0.0904. The van der Waals surface area contributed by atoms with Gasteiger partial charge in [-0.25, -0.2) is 4.39 Å². The highest BCUT2D eigenvalue weighted by molar-refractivity contribution is 7.15. The molecule has 0 saturated carbocycles. The molecular formula is C19H21FN2O2S. The summed E-state index contributed by atoms with van der Waals surface area (Å²) in [6.45, 7) is 3.64. The van der Waals surface area contributed by atoms with E-state index in [-0.39, 0.29) is 23.5 Å². The third-order valence-electron chi connectivity index (χ3n) is 4.37. The van der Waals surface area contributed by atoms with E-state index in [1.54, 1.807) is 24.3 Å². The summed E-state index contributed by atoms with van der Waals surface area (Å²) in [6, 6.07) is 10.2. The number of hydrogen-bond donors (Lipinski definition) is 1. The van der Waals surface area contributed by atoms with E-state index in [0.717, 1.165) is 19.4 Å². The van der Waals surface area contributed by atoms with Crippen LogP contribution in [0.4, 0.5) is 4.39 Å². The molecule has 3 rings (SSSR count). The Hall–Kier alpha value is -2.05. The summed E-state index contributed by atoms with van der Waals surface area (Å²) in [6.07, 6.45) is 1.87. The lowest BCUT2D eigenvalue weighted by Gasteiger charge is -2.33. The number of carbonyl (C=O) groups is 2. The SMILES string of the molecule is CC(=O)c1ccc(C(=O)N[C@@H]2CCCN(Cc3ccccc3F)C2)s1. The maximum Gasteiger partial charge on any atom is 0.261 e. The number of hydrogen-bond acceptors (Lipinski definition) is 4. The average Bonchev–Trinajstić information content (AvgIpc) is 3.08. The van der Waals surface area contributed by atoms with E-state index in [0.29, 0.717) is 28.4 Å². The fourth-order valence-electron chi connectivity index (χ4n) is 3.09. The number of thiophene rings is 1. The Bertz CT molecular complexity index is 774. The molecule has 2 aromatic rings. The minimum atomic E-state index is -0.191. The largest absolute Gasteiger partial charge is 0.347 e. The van der Waals surface area contributed by atoms with Gasteiger partial charge in [0.15, 0.2) is 5.78 Å².